The van der Waals surface area contributed by atoms with Gasteiger partial charge in [0.25, 0.3) is 5.56 Å². The minimum absolute atomic E-state index is 0.0577. The Bertz CT molecular complexity index is 1180. The molecule has 2 heterocycles. The Hall–Kier alpha value is -2.86. The van der Waals surface area contributed by atoms with Crippen molar-refractivity contribution in [1.29, 1.82) is 0 Å². The van der Waals surface area contributed by atoms with Crippen molar-refractivity contribution in [3.63, 3.8) is 0 Å². The van der Waals surface area contributed by atoms with Crippen LogP contribution in [0.2, 0.25) is 0 Å². The molecule has 2 aromatic heterocycles. The molecular weight excluding hydrogens is 372 g/mol. The zero-order valence-electron chi connectivity index (χ0n) is 15.6. The zero-order valence-corrected chi connectivity index (χ0v) is 16.4. The Morgan fingerprint density at radius 2 is 1.93 bits per heavy atom. The lowest BCUT2D eigenvalue weighted by atomic mass is 10.2. The number of aromatic nitrogens is 2. The van der Waals surface area contributed by atoms with E-state index in [4.69, 9.17) is 4.42 Å². The van der Waals surface area contributed by atoms with Crippen molar-refractivity contribution in [3.8, 4) is 0 Å². The molecule has 0 aliphatic heterocycles. The van der Waals surface area contributed by atoms with Crippen LogP contribution >= 0.6 is 11.8 Å². The topological polar surface area (TPSA) is 65.1 Å². The maximum Gasteiger partial charge on any atom is 0.262 e. The fourth-order valence-electron chi connectivity index (χ4n) is 3.09. The largest absolute Gasteiger partial charge is 0.453 e. The first kappa shape index (κ1) is 18.5. The summed E-state index contributed by atoms with van der Waals surface area (Å²) in [6.07, 6.45) is 1.85. The van der Waals surface area contributed by atoms with Crippen molar-refractivity contribution in [1.82, 2.24) is 9.55 Å². The van der Waals surface area contributed by atoms with Gasteiger partial charge in [-0.25, -0.2) is 4.98 Å². The molecule has 0 atom stereocenters. The van der Waals surface area contributed by atoms with Gasteiger partial charge < -0.3 is 4.42 Å². The average molecular weight is 392 g/mol. The van der Waals surface area contributed by atoms with E-state index < -0.39 is 0 Å². The van der Waals surface area contributed by atoms with Crippen molar-refractivity contribution in [2.45, 2.75) is 31.5 Å². The predicted octanol–water partition coefficient (Wildman–Crippen LogP) is 4.92. The van der Waals surface area contributed by atoms with E-state index in [1.54, 1.807) is 16.7 Å². The molecule has 0 radical (unpaired) electrons. The number of nitrogens with zero attached hydrogens (tertiary/aromatic N) is 2. The Morgan fingerprint density at radius 3 is 2.75 bits per heavy atom. The maximum atomic E-state index is 12.9. The van der Waals surface area contributed by atoms with E-state index in [9.17, 15) is 9.59 Å². The van der Waals surface area contributed by atoms with Crippen LogP contribution in [0.1, 0.15) is 30.3 Å². The van der Waals surface area contributed by atoms with Gasteiger partial charge >= 0.3 is 0 Å². The van der Waals surface area contributed by atoms with Crippen LogP contribution in [0.3, 0.4) is 0 Å². The second-order valence-electron chi connectivity index (χ2n) is 6.58. The quantitative estimate of drug-likeness (QED) is 0.254. The lowest BCUT2D eigenvalue weighted by molar-refractivity contribution is 0.0994. The Kier molecular flexibility index (Phi) is 5.30. The molecule has 0 aliphatic rings. The minimum atomic E-state index is -0.120. The van der Waals surface area contributed by atoms with Crippen LogP contribution in [-0.2, 0) is 6.54 Å². The highest BCUT2D eigenvalue weighted by Crippen LogP contribution is 2.23. The number of hydrogen-bond acceptors (Lipinski definition) is 5. The number of thioether (sulfide) groups is 1. The molecule has 0 unspecified atom stereocenters. The molecule has 0 bridgehead atoms. The van der Waals surface area contributed by atoms with Crippen LogP contribution < -0.4 is 5.56 Å². The number of carbonyl (C=O) groups is 1. The number of Topliss-reactive ketones (excluding diaryl/α,β-unsaturated/α-hetero) is 1. The third kappa shape index (κ3) is 3.60. The Morgan fingerprint density at radius 1 is 1.14 bits per heavy atom. The number of carbonyl (C=O) groups excluding carboxylic acids is 1. The van der Waals surface area contributed by atoms with E-state index in [-0.39, 0.29) is 17.1 Å². The molecule has 0 saturated carbocycles. The zero-order chi connectivity index (χ0) is 19.5. The molecule has 0 saturated heterocycles. The smallest absolute Gasteiger partial charge is 0.262 e. The highest BCUT2D eigenvalue weighted by molar-refractivity contribution is 7.99. The predicted molar refractivity (Wildman–Crippen MR) is 112 cm³/mol. The molecular formula is C22H20N2O3S. The van der Waals surface area contributed by atoms with E-state index in [0.29, 0.717) is 33.9 Å². The van der Waals surface area contributed by atoms with Gasteiger partial charge in [0.2, 0.25) is 5.78 Å². The molecule has 4 rings (SSSR count). The highest BCUT2D eigenvalue weighted by Gasteiger charge is 2.16. The van der Waals surface area contributed by atoms with E-state index in [1.165, 1.54) is 11.8 Å². The molecule has 0 N–H and O–H groups in total. The van der Waals surface area contributed by atoms with Gasteiger partial charge in [0, 0.05) is 11.9 Å². The number of benzene rings is 2. The van der Waals surface area contributed by atoms with Gasteiger partial charge in [-0.05, 0) is 30.7 Å². The molecule has 0 spiro atoms. The lowest BCUT2D eigenvalue weighted by Gasteiger charge is -2.12. The number of rotatable bonds is 7. The van der Waals surface area contributed by atoms with Crippen molar-refractivity contribution in [2.75, 3.05) is 5.75 Å². The highest BCUT2D eigenvalue weighted by atomic mass is 32.2. The molecule has 4 aromatic rings. The fourth-order valence-corrected chi connectivity index (χ4v) is 3.99. The number of furan rings is 1. The van der Waals surface area contributed by atoms with Crippen LogP contribution in [0.25, 0.3) is 21.9 Å². The van der Waals surface area contributed by atoms with E-state index >= 15 is 0 Å². The number of unbranched alkanes of at least 4 members (excludes halogenated alkanes) is 1. The number of para-hydroxylation sites is 2. The molecule has 28 heavy (non-hydrogen) atoms. The van der Waals surface area contributed by atoms with Crippen molar-refractivity contribution >= 4 is 39.4 Å². The van der Waals surface area contributed by atoms with Crippen LogP contribution in [0.4, 0.5) is 0 Å². The number of ketones is 1. The van der Waals surface area contributed by atoms with Crippen LogP contribution in [0.5, 0.6) is 0 Å². The van der Waals surface area contributed by atoms with Crippen molar-refractivity contribution < 1.29 is 9.21 Å². The third-order valence-electron chi connectivity index (χ3n) is 4.59. The second kappa shape index (κ2) is 8.02. The van der Waals surface area contributed by atoms with E-state index in [2.05, 4.69) is 11.9 Å². The summed E-state index contributed by atoms with van der Waals surface area (Å²) in [5.41, 5.74) is 1.29. The van der Waals surface area contributed by atoms with Crippen LogP contribution in [0, 0.1) is 0 Å². The van der Waals surface area contributed by atoms with Crippen molar-refractivity contribution in [2.24, 2.45) is 0 Å². The van der Waals surface area contributed by atoms with Gasteiger partial charge in [-0.3, -0.25) is 14.2 Å². The number of hydrogen-bond donors (Lipinski definition) is 0. The monoisotopic (exact) mass is 392 g/mol. The van der Waals surface area contributed by atoms with Gasteiger partial charge in [-0.2, -0.15) is 0 Å². The van der Waals surface area contributed by atoms with Crippen LogP contribution in [0.15, 0.2) is 69.0 Å². The SMILES string of the molecule is CCCCn1c(SCC(=O)c2cc3ccccc3o2)nc2ccccc2c1=O. The van der Waals surface area contributed by atoms with Gasteiger partial charge in [-0.1, -0.05) is 55.4 Å². The van der Waals surface area contributed by atoms with Gasteiger partial charge in [-0.15, -0.1) is 0 Å². The Balaban J connectivity index is 1.62. The van der Waals surface area contributed by atoms with E-state index in [0.717, 1.165) is 18.2 Å². The van der Waals surface area contributed by atoms with Gasteiger partial charge in [0.15, 0.2) is 10.9 Å². The first-order valence-corrected chi connectivity index (χ1v) is 10.3. The summed E-state index contributed by atoms with van der Waals surface area (Å²) in [7, 11) is 0. The first-order chi connectivity index (χ1) is 13.7. The summed E-state index contributed by atoms with van der Waals surface area (Å²) in [6, 6.07) is 16.6. The first-order valence-electron chi connectivity index (χ1n) is 9.31. The normalized spacial score (nSPS) is 11.3. The molecule has 142 valence electrons. The molecule has 0 aliphatic carbocycles. The molecule has 6 heteroatoms. The molecule has 0 amide bonds. The molecule has 0 fully saturated rings. The van der Waals surface area contributed by atoms with Crippen LogP contribution in [-0.4, -0.2) is 21.1 Å². The second-order valence-corrected chi connectivity index (χ2v) is 7.52. The average Bonchev–Trinajstić information content (AvgIpc) is 3.16. The van der Waals surface area contributed by atoms with Crippen molar-refractivity contribution in [3.05, 3.63) is 70.7 Å². The number of fused-ring (bicyclic) bond motifs is 2. The standard InChI is InChI=1S/C22H20N2O3S/c1-2-3-12-24-21(26)16-9-5-6-10-17(16)23-22(24)28-14-18(25)20-13-15-8-4-7-11-19(15)27-20/h4-11,13H,2-3,12,14H2,1H3. The third-order valence-corrected chi connectivity index (χ3v) is 5.57. The summed E-state index contributed by atoms with van der Waals surface area (Å²) in [6.45, 7) is 2.67. The summed E-state index contributed by atoms with van der Waals surface area (Å²) in [5, 5.41) is 2.08. The van der Waals surface area contributed by atoms with E-state index in [1.807, 2.05) is 42.5 Å². The summed E-state index contributed by atoms with van der Waals surface area (Å²) >= 11 is 1.28. The molecule has 2 aromatic carbocycles. The fraction of sp³-hybridized carbons (Fsp3) is 0.227. The maximum absolute atomic E-state index is 12.9. The summed E-state index contributed by atoms with van der Waals surface area (Å²) < 4.78 is 7.34. The van der Waals surface area contributed by atoms with Gasteiger partial charge in [0.1, 0.15) is 5.58 Å². The summed E-state index contributed by atoms with van der Waals surface area (Å²) in [5.74, 6) is 0.374. The lowest BCUT2D eigenvalue weighted by Crippen LogP contribution is -2.23. The van der Waals surface area contributed by atoms with Gasteiger partial charge in [0.05, 0.1) is 16.7 Å². The minimum Gasteiger partial charge on any atom is -0.453 e. The Labute approximate surface area is 166 Å². The molecule has 5 nitrogen and oxygen atoms in total. The summed E-state index contributed by atoms with van der Waals surface area (Å²) in [4.78, 5) is 30.2.